The molecule has 0 saturated heterocycles. The van der Waals surface area contributed by atoms with Crippen molar-refractivity contribution in [3.63, 3.8) is 0 Å². The molecule has 1 saturated carbocycles. The van der Waals surface area contributed by atoms with Gasteiger partial charge in [0.15, 0.2) is 0 Å². The van der Waals surface area contributed by atoms with Crippen LogP contribution in [-0.4, -0.2) is 4.98 Å². The van der Waals surface area contributed by atoms with Gasteiger partial charge in [-0.25, -0.2) is 4.98 Å². The molecule has 1 heterocycles. The molecule has 0 radical (unpaired) electrons. The highest BCUT2D eigenvalue weighted by molar-refractivity contribution is 7.09. The second-order valence-electron chi connectivity index (χ2n) is 5.69. The van der Waals surface area contributed by atoms with Gasteiger partial charge in [-0.05, 0) is 24.8 Å². The van der Waals surface area contributed by atoms with Crippen molar-refractivity contribution in [2.24, 2.45) is 0 Å². The lowest BCUT2D eigenvalue weighted by Crippen LogP contribution is -2.28. The molecule has 100 valence electrons. The number of thiazole rings is 1. The first kappa shape index (κ1) is 12.9. The van der Waals surface area contributed by atoms with Gasteiger partial charge in [0.25, 0.3) is 0 Å². The van der Waals surface area contributed by atoms with E-state index >= 15 is 0 Å². The molecule has 19 heavy (non-hydrogen) atoms. The molecule has 2 aromatic rings. The number of hydrogen-bond acceptors (Lipinski definition) is 2. The quantitative estimate of drug-likeness (QED) is 0.718. The zero-order valence-electron chi connectivity index (χ0n) is 11.3. The van der Waals surface area contributed by atoms with E-state index in [1.807, 2.05) is 17.5 Å². The molecule has 0 spiro atoms. The van der Waals surface area contributed by atoms with Crippen molar-refractivity contribution in [2.45, 2.75) is 50.4 Å². The fourth-order valence-corrected chi connectivity index (χ4v) is 4.24. The van der Waals surface area contributed by atoms with Crippen LogP contribution in [0.15, 0.2) is 41.9 Å². The van der Waals surface area contributed by atoms with Crippen LogP contribution in [0.1, 0.15) is 49.1 Å². The van der Waals surface area contributed by atoms with Crippen molar-refractivity contribution >= 4 is 11.3 Å². The maximum absolute atomic E-state index is 4.67. The van der Waals surface area contributed by atoms with Gasteiger partial charge in [-0.15, -0.1) is 11.3 Å². The Kier molecular flexibility index (Phi) is 3.97. The van der Waals surface area contributed by atoms with Crippen molar-refractivity contribution in [1.82, 2.24) is 4.98 Å². The number of nitrogens with zero attached hydrogens (tertiary/aromatic N) is 1. The molecule has 0 bridgehead atoms. The molecule has 1 fully saturated rings. The number of rotatable bonds is 3. The summed E-state index contributed by atoms with van der Waals surface area (Å²) in [6.45, 7) is 0. The highest BCUT2D eigenvalue weighted by Gasteiger charge is 2.35. The summed E-state index contributed by atoms with van der Waals surface area (Å²) in [6, 6.07) is 10.9. The molecule has 1 aromatic heterocycles. The van der Waals surface area contributed by atoms with Gasteiger partial charge < -0.3 is 0 Å². The first-order valence-corrected chi connectivity index (χ1v) is 8.21. The van der Waals surface area contributed by atoms with Crippen molar-refractivity contribution < 1.29 is 0 Å². The lowest BCUT2D eigenvalue weighted by Gasteiger charge is -2.31. The Labute approximate surface area is 119 Å². The second-order valence-corrected chi connectivity index (χ2v) is 6.59. The minimum atomic E-state index is 0.298. The molecule has 1 nitrogen and oxygen atoms in total. The zero-order chi connectivity index (χ0) is 13.0. The van der Waals surface area contributed by atoms with E-state index in [4.69, 9.17) is 0 Å². The molecule has 1 aliphatic rings. The van der Waals surface area contributed by atoms with Crippen molar-refractivity contribution in [1.29, 1.82) is 0 Å². The monoisotopic (exact) mass is 271 g/mol. The van der Waals surface area contributed by atoms with Gasteiger partial charge in [0.05, 0.1) is 5.01 Å². The van der Waals surface area contributed by atoms with E-state index in [1.165, 1.54) is 49.1 Å². The minimum absolute atomic E-state index is 0.298. The zero-order valence-corrected chi connectivity index (χ0v) is 12.2. The summed E-state index contributed by atoms with van der Waals surface area (Å²) in [7, 11) is 0. The fourth-order valence-electron chi connectivity index (χ4n) is 3.34. The fraction of sp³-hybridized carbons (Fsp3) is 0.471. The summed E-state index contributed by atoms with van der Waals surface area (Å²) in [6.07, 6.45) is 11.2. The molecule has 0 N–H and O–H groups in total. The van der Waals surface area contributed by atoms with Gasteiger partial charge in [-0.2, -0.15) is 0 Å². The van der Waals surface area contributed by atoms with Gasteiger partial charge in [0.2, 0.25) is 0 Å². The Hall–Kier alpha value is -1.15. The Morgan fingerprint density at radius 2 is 1.74 bits per heavy atom. The summed E-state index contributed by atoms with van der Waals surface area (Å²) in [5.74, 6) is 0. The average Bonchev–Trinajstić information content (AvgIpc) is 2.89. The smallest absolute Gasteiger partial charge is 0.0990 e. The van der Waals surface area contributed by atoms with E-state index < -0.39 is 0 Å². The van der Waals surface area contributed by atoms with E-state index in [2.05, 4.69) is 40.7 Å². The Balaban J connectivity index is 1.92. The van der Waals surface area contributed by atoms with Gasteiger partial charge >= 0.3 is 0 Å². The summed E-state index contributed by atoms with van der Waals surface area (Å²) in [5, 5.41) is 3.49. The molecular weight excluding hydrogens is 250 g/mol. The first-order valence-electron chi connectivity index (χ1n) is 7.33. The first-order chi connectivity index (χ1) is 9.39. The third-order valence-electron chi connectivity index (χ3n) is 4.33. The molecule has 0 amide bonds. The van der Waals surface area contributed by atoms with Crippen LogP contribution in [0.3, 0.4) is 0 Å². The number of hydrogen-bond donors (Lipinski definition) is 0. The van der Waals surface area contributed by atoms with Gasteiger partial charge in [-0.3, -0.25) is 0 Å². The van der Waals surface area contributed by atoms with Crippen molar-refractivity contribution in [2.75, 3.05) is 0 Å². The summed E-state index contributed by atoms with van der Waals surface area (Å²) >= 11 is 1.85. The molecule has 0 aliphatic heterocycles. The topological polar surface area (TPSA) is 12.9 Å². The van der Waals surface area contributed by atoms with E-state index in [0.717, 1.165) is 6.42 Å². The van der Waals surface area contributed by atoms with Crippen LogP contribution in [0.2, 0.25) is 0 Å². The maximum Gasteiger partial charge on any atom is 0.0990 e. The lowest BCUT2D eigenvalue weighted by atomic mass is 9.76. The van der Waals surface area contributed by atoms with Crippen LogP contribution in [0.25, 0.3) is 0 Å². The molecule has 1 aromatic carbocycles. The van der Waals surface area contributed by atoms with Gasteiger partial charge in [-0.1, -0.05) is 56.0 Å². The molecule has 0 unspecified atom stereocenters. The van der Waals surface area contributed by atoms with E-state index in [0.29, 0.717) is 5.41 Å². The van der Waals surface area contributed by atoms with E-state index in [9.17, 15) is 0 Å². The molecule has 0 atom stereocenters. The third kappa shape index (κ3) is 2.89. The van der Waals surface area contributed by atoms with Gasteiger partial charge in [0.1, 0.15) is 0 Å². The standard InChI is InChI=1S/C17H21NS/c1-2-7-11-17(10-6-1,16-18-12-13-19-16)14-15-8-4-3-5-9-15/h3-5,8-9,12-13H,1-2,6-7,10-11,14H2. The molecule has 2 heteroatoms. The molecular formula is C17H21NS. The predicted octanol–water partition coefficient (Wildman–Crippen LogP) is 4.98. The van der Waals surface area contributed by atoms with Crippen LogP contribution < -0.4 is 0 Å². The van der Waals surface area contributed by atoms with Crippen LogP contribution >= 0.6 is 11.3 Å². The number of aromatic nitrogens is 1. The lowest BCUT2D eigenvalue weighted by molar-refractivity contribution is 0.366. The summed E-state index contributed by atoms with van der Waals surface area (Å²) in [5.41, 5.74) is 1.76. The maximum atomic E-state index is 4.67. The molecule has 1 aliphatic carbocycles. The largest absolute Gasteiger partial charge is 0.249 e. The summed E-state index contributed by atoms with van der Waals surface area (Å²) in [4.78, 5) is 4.67. The second kappa shape index (κ2) is 5.87. The predicted molar refractivity (Wildman–Crippen MR) is 81.6 cm³/mol. The minimum Gasteiger partial charge on any atom is -0.249 e. The van der Waals surface area contributed by atoms with Crippen LogP contribution in [0, 0.1) is 0 Å². The highest BCUT2D eigenvalue weighted by Crippen LogP contribution is 2.41. The van der Waals surface area contributed by atoms with Crippen molar-refractivity contribution in [3.05, 3.63) is 52.5 Å². The third-order valence-corrected chi connectivity index (χ3v) is 5.35. The van der Waals surface area contributed by atoms with Crippen molar-refractivity contribution in [3.8, 4) is 0 Å². The normalized spacial score (nSPS) is 18.9. The SMILES string of the molecule is c1ccc(CC2(c3nccs3)CCCCCC2)cc1. The Morgan fingerprint density at radius 3 is 2.37 bits per heavy atom. The van der Waals surface area contributed by atoms with Crippen LogP contribution in [0.4, 0.5) is 0 Å². The van der Waals surface area contributed by atoms with Crippen LogP contribution in [0.5, 0.6) is 0 Å². The highest BCUT2D eigenvalue weighted by atomic mass is 32.1. The van der Waals surface area contributed by atoms with Gasteiger partial charge in [0, 0.05) is 17.0 Å². The number of benzene rings is 1. The van der Waals surface area contributed by atoms with E-state index in [1.54, 1.807) is 0 Å². The van der Waals surface area contributed by atoms with Crippen LogP contribution in [-0.2, 0) is 11.8 Å². The Morgan fingerprint density at radius 1 is 1.00 bits per heavy atom. The average molecular weight is 271 g/mol. The molecule has 3 rings (SSSR count). The Bertz CT molecular complexity index is 481. The summed E-state index contributed by atoms with van der Waals surface area (Å²) < 4.78 is 0. The van der Waals surface area contributed by atoms with E-state index in [-0.39, 0.29) is 0 Å².